The first kappa shape index (κ1) is 16.7. The number of hydrogen-bond donors (Lipinski definition) is 2. The first-order chi connectivity index (χ1) is 10.7. The molecule has 0 aliphatic heterocycles. The lowest BCUT2D eigenvalue weighted by Gasteiger charge is -2.15. The Labute approximate surface area is 132 Å². The number of benzene rings is 1. The monoisotopic (exact) mass is 303 g/mol. The van der Waals surface area contributed by atoms with Gasteiger partial charge in [-0.05, 0) is 43.1 Å². The van der Waals surface area contributed by atoms with Crippen molar-refractivity contribution in [2.75, 3.05) is 6.54 Å². The molecular formula is C18H26FN3. The average Bonchev–Trinajstić information content (AvgIpc) is 3.00. The topological polar surface area (TPSA) is 40.7 Å². The molecule has 2 aromatic rings. The van der Waals surface area contributed by atoms with Crippen molar-refractivity contribution in [2.45, 2.75) is 46.1 Å². The van der Waals surface area contributed by atoms with Gasteiger partial charge < -0.3 is 5.32 Å². The fourth-order valence-electron chi connectivity index (χ4n) is 2.67. The van der Waals surface area contributed by atoms with Crippen LogP contribution in [0.15, 0.2) is 30.5 Å². The molecule has 120 valence electrons. The van der Waals surface area contributed by atoms with Crippen LogP contribution in [-0.2, 0) is 6.54 Å². The van der Waals surface area contributed by atoms with Gasteiger partial charge in [-0.15, -0.1) is 0 Å². The summed E-state index contributed by atoms with van der Waals surface area (Å²) in [5.74, 6) is 0.519. The van der Waals surface area contributed by atoms with Crippen LogP contribution in [0.5, 0.6) is 0 Å². The molecule has 1 aromatic heterocycles. The van der Waals surface area contributed by atoms with E-state index in [0.717, 1.165) is 35.8 Å². The van der Waals surface area contributed by atoms with Crippen LogP contribution in [0.2, 0.25) is 0 Å². The molecule has 0 spiro atoms. The molecule has 4 heteroatoms. The number of halogens is 1. The summed E-state index contributed by atoms with van der Waals surface area (Å²) in [5, 5.41) is 10.7. The molecule has 0 fully saturated rings. The third kappa shape index (κ3) is 4.67. The zero-order valence-electron chi connectivity index (χ0n) is 13.5. The zero-order valence-corrected chi connectivity index (χ0v) is 13.5. The summed E-state index contributed by atoms with van der Waals surface area (Å²) in [7, 11) is 0. The van der Waals surface area contributed by atoms with Gasteiger partial charge in [-0.2, -0.15) is 5.10 Å². The van der Waals surface area contributed by atoms with Crippen LogP contribution in [0.3, 0.4) is 0 Å². The second-order valence-electron chi connectivity index (χ2n) is 5.82. The molecule has 0 radical (unpaired) electrons. The summed E-state index contributed by atoms with van der Waals surface area (Å²) in [6.07, 6.45) is 6.90. The molecule has 1 unspecified atom stereocenters. The molecule has 0 amide bonds. The summed E-state index contributed by atoms with van der Waals surface area (Å²) < 4.78 is 13.0. The number of hydrogen-bond acceptors (Lipinski definition) is 2. The number of nitrogens with zero attached hydrogens (tertiary/aromatic N) is 1. The Hall–Kier alpha value is -1.68. The van der Waals surface area contributed by atoms with Gasteiger partial charge in [0, 0.05) is 17.7 Å². The van der Waals surface area contributed by atoms with Gasteiger partial charge in [0.05, 0.1) is 11.9 Å². The minimum atomic E-state index is -0.218. The Morgan fingerprint density at radius 1 is 1.23 bits per heavy atom. The minimum absolute atomic E-state index is 0.218. The first-order valence-corrected chi connectivity index (χ1v) is 8.23. The molecule has 0 aliphatic carbocycles. The molecule has 2 N–H and O–H groups in total. The number of nitrogens with one attached hydrogen (secondary N) is 2. The molecule has 1 aromatic carbocycles. The van der Waals surface area contributed by atoms with Gasteiger partial charge in [0.1, 0.15) is 5.82 Å². The van der Waals surface area contributed by atoms with Crippen LogP contribution in [0.25, 0.3) is 11.3 Å². The molecule has 2 rings (SSSR count). The highest BCUT2D eigenvalue weighted by molar-refractivity contribution is 5.62. The predicted octanol–water partition coefficient (Wildman–Crippen LogP) is 4.52. The fourth-order valence-corrected chi connectivity index (χ4v) is 2.67. The lowest BCUT2D eigenvalue weighted by Crippen LogP contribution is -2.22. The van der Waals surface area contributed by atoms with Crippen molar-refractivity contribution in [2.24, 2.45) is 5.92 Å². The molecule has 0 bridgehead atoms. The number of aromatic nitrogens is 2. The van der Waals surface area contributed by atoms with Gasteiger partial charge in [-0.1, -0.05) is 33.1 Å². The molecular weight excluding hydrogens is 277 g/mol. The molecule has 0 saturated heterocycles. The van der Waals surface area contributed by atoms with E-state index < -0.39 is 0 Å². The summed E-state index contributed by atoms with van der Waals surface area (Å²) >= 11 is 0. The van der Waals surface area contributed by atoms with Crippen molar-refractivity contribution >= 4 is 0 Å². The Kier molecular flexibility index (Phi) is 6.59. The third-order valence-corrected chi connectivity index (χ3v) is 4.14. The number of aromatic amines is 1. The van der Waals surface area contributed by atoms with E-state index in [4.69, 9.17) is 0 Å². The molecule has 22 heavy (non-hydrogen) atoms. The smallest absolute Gasteiger partial charge is 0.123 e. The highest BCUT2D eigenvalue weighted by atomic mass is 19.1. The second-order valence-corrected chi connectivity index (χ2v) is 5.82. The van der Waals surface area contributed by atoms with Crippen molar-refractivity contribution in [3.63, 3.8) is 0 Å². The molecule has 0 aliphatic rings. The van der Waals surface area contributed by atoms with E-state index in [1.807, 2.05) is 6.20 Å². The van der Waals surface area contributed by atoms with Crippen molar-refractivity contribution in [1.82, 2.24) is 15.5 Å². The maximum Gasteiger partial charge on any atom is 0.123 e. The quantitative estimate of drug-likeness (QED) is 0.715. The molecule has 1 heterocycles. The van der Waals surface area contributed by atoms with E-state index in [1.54, 1.807) is 12.1 Å². The third-order valence-electron chi connectivity index (χ3n) is 4.14. The van der Waals surface area contributed by atoms with Crippen molar-refractivity contribution in [1.29, 1.82) is 0 Å². The highest BCUT2D eigenvalue weighted by Crippen LogP contribution is 2.21. The van der Waals surface area contributed by atoms with Crippen molar-refractivity contribution in [3.05, 3.63) is 41.8 Å². The van der Waals surface area contributed by atoms with Crippen LogP contribution in [0, 0.1) is 11.7 Å². The number of rotatable bonds is 9. The van der Waals surface area contributed by atoms with Gasteiger partial charge in [0.2, 0.25) is 0 Å². The Bertz CT molecular complexity index is 548. The lowest BCUT2D eigenvalue weighted by molar-refractivity contribution is 0.419. The highest BCUT2D eigenvalue weighted by Gasteiger charge is 2.09. The van der Waals surface area contributed by atoms with Crippen LogP contribution >= 0.6 is 0 Å². The normalized spacial score (nSPS) is 12.5. The van der Waals surface area contributed by atoms with Gasteiger partial charge in [-0.3, -0.25) is 5.10 Å². The standard InChI is InChI=1S/C18H26FN3/c1-3-5-6-14(4-2)11-20-12-16-13-21-22-18(16)15-7-9-17(19)10-8-15/h7-10,13-14,20H,3-6,11-12H2,1-2H3,(H,21,22). The van der Waals surface area contributed by atoms with Crippen LogP contribution in [-0.4, -0.2) is 16.7 Å². The van der Waals surface area contributed by atoms with Crippen molar-refractivity contribution < 1.29 is 4.39 Å². The number of unbranched alkanes of at least 4 members (excludes halogenated alkanes) is 1. The summed E-state index contributed by atoms with van der Waals surface area (Å²) in [4.78, 5) is 0. The van der Waals surface area contributed by atoms with E-state index in [1.165, 1.54) is 37.8 Å². The summed E-state index contributed by atoms with van der Waals surface area (Å²) in [6.45, 7) is 6.31. The van der Waals surface area contributed by atoms with E-state index in [0.29, 0.717) is 0 Å². The Morgan fingerprint density at radius 2 is 2.00 bits per heavy atom. The zero-order chi connectivity index (χ0) is 15.8. The van der Waals surface area contributed by atoms with Crippen molar-refractivity contribution in [3.8, 4) is 11.3 Å². The average molecular weight is 303 g/mol. The van der Waals surface area contributed by atoms with Gasteiger partial charge in [0.15, 0.2) is 0 Å². The number of H-pyrrole nitrogens is 1. The second kappa shape index (κ2) is 8.69. The fraction of sp³-hybridized carbons (Fsp3) is 0.500. The predicted molar refractivity (Wildman–Crippen MR) is 89.0 cm³/mol. The molecule has 3 nitrogen and oxygen atoms in total. The summed E-state index contributed by atoms with van der Waals surface area (Å²) in [5.41, 5.74) is 3.06. The van der Waals surface area contributed by atoms with Crippen LogP contribution < -0.4 is 5.32 Å². The largest absolute Gasteiger partial charge is 0.312 e. The van der Waals surface area contributed by atoms with Gasteiger partial charge in [0.25, 0.3) is 0 Å². The minimum Gasteiger partial charge on any atom is -0.312 e. The van der Waals surface area contributed by atoms with Gasteiger partial charge >= 0.3 is 0 Å². The molecule has 1 atom stereocenters. The van der Waals surface area contributed by atoms with E-state index >= 15 is 0 Å². The van der Waals surface area contributed by atoms with Crippen LogP contribution in [0.4, 0.5) is 4.39 Å². The SMILES string of the molecule is CCCCC(CC)CNCc1cn[nH]c1-c1ccc(F)cc1. The van der Waals surface area contributed by atoms with Gasteiger partial charge in [-0.25, -0.2) is 4.39 Å². The maximum absolute atomic E-state index is 13.0. The van der Waals surface area contributed by atoms with E-state index in [-0.39, 0.29) is 5.82 Å². The van der Waals surface area contributed by atoms with E-state index in [2.05, 4.69) is 29.4 Å². The Morgan fingerprint density at radius 3 is 2.68 bits per heavy atom. The summed E-state index contributed by atoms with van der Waals surface area (Å²) in [6, 6.07) is 6.52. The Balaban J connectivity index is 1.91. The molecule has 0 saturated carbocycles. The van der Waals surface area contributed by atoms with Crippen LogP contribution in [0.1, 0.15) is 45.1 Å². The first-order valence-electron chi connectivity index (χ1n) is 8.23. The lowest BCUT2D eigenvalue weighted by atomic mass is 9.99. The van der Waals surface area contributed by atoms with E-state index in [9.17, 15) is 4.39 Å². The maximum atomic E-state index is 13.0.